The molecular formula is C22H19F2N3O4S. The first-order valence-corrected chi connectivity index (χ1v) is 11.4. The monoisotopic (exact) mass is 459 g/mol. The molecule has 0 bridgehead atoms. The molecule has 166 valence electrons. The first kappa shape index (κ1) is 21.9. The molecule has 0 unspecified atom stereocenters. The minimum atomic E-state index is -3.99. The summed E-state index contributed by atoms with van der Waals surface area (Å²) in [5.41, 5.74) is 1.74. The van der Waals surface area contributed by atoms with Crippen LogP contribution in [0.3, 0.4) is 0 Å². The summed E-state index contributed by atoms with van der Waals surface area (Å²) in [5.74, 6) is -3.32. The summed E-state index contributed by atoms with van der Waals surface area (Å²) in [7, 11) is -3.99. The quantitative estimate of drug-likeness (QED) is 0.547. The number of benzene rings is 1. The topological polar surface area (TPSA) is 91.9 Å². The van der Waals surface area contributed by atoms with E-state index in [4.69, 9.17) is 4.74 Å². The molecule has 0 amide bonds. The zero-order chi connectivity index (χ0) is 22.9. The van der Waals surface area contributed by atoms with Crippen LogP contribution in [0.15, 0.2) is 53.7 Å². The fourth-order valence-corrected chi connectivity index (χ4v) is 5.28. The SMILES string of the molecule is N#Cc1c(COC(=O)C2CCN(S(=O)(=O)c3ccc(F)c(F)c3)CC2)cn2ccccc12. The summed E-state index contributed by atoms with van der Waals surface area (Å²) in [6.45, 7) is 0.0537. The van der Waals surface area contributed by atoms with E-state index in [0.717, 1.165) is 22.0 Å². The Kier molecular flexibility index (Phi) is 5.95. The first-order chi connectivity index (χ1) is 15.3. The van der Waals surface area contributed by atoms with E-state index < -0.39 is 33.5 Å². The number of nitriles is 1. The minimum Gasteiger partial charge on any atom is -0.460 e. The van der Waals surface area contributed by atoms with Crippen molar-refractivity contribution in [3.8, 4) is 6.07 Å². The highest BCUT2D eigenvalue weighted by atomic mass is 32.2. The number of ether oxygens (including phenoxy) is 1. The van der Waals surface area contributed by atoms with Crippen molar-refractivity contribution >= 4 is 21.5 Å². The van der Waals surface area contributed by atoms with E-state index in [1.807, 2.05) is 12.1 Å². The van der Waals surface area contributed by atoms with Crippen molar-refractivity contribution in [1.29, 1.82) is 5.26 Å². The molecular weight excluding hydrogens is 440 g/mol. The molecule has 0 spiro atoms. The zero-order valence-corrected chi connectivity index (χ0v) is 17.7. The van der Waals surface area contributed by atoms with Gasteiger partial charge in [-0.15, -0.1) is 0 Å². The molecule has 1 aliphatic heterocycles. The molecule has 0 N–H and O–H groups in total. The van der Waals surface area contributed by atoms with Crippen LogP contribution in [0.2, 0.25) is 0 Å². The van der Waals surface area contributed by atoms with Gasteiger partial charge >= 0.3 is 5.97 Å². The average molecular weight is 459 g/mol. The van der Waals surface area contributed by atoms with Gasteiger partial charge in [-0.3, -0.25) is 4.79 Å². The van der Waals surface area contributed by atoms with Gasteiger partial charge in [0.15, 0.2) is 11.6 Å². The van der Waals surface area contributed by atoms with Gasteiger partial charge in [0.1, 0.15) is 12.7 Å². The Balaban J connectivity index is 1.38. The van der Waals surface area contributed by atoms with E-state index >= 15 is 0 Å². The van der Waals surface area contributed by atoms with Gasteiger partial charge in [0.2, 0.25) is 10.0 Å². The van der Waals surface area contributed by atoms with Gasteiger partial charge in [-0.25, -0.2) is 17.2 Å². The van der Waals surface area contributed by atoms with Gasteiger partial charge in [0.25, 0.3) is 0 Å². The molecule has 0 atom stereocenters. The van der Waals surface area contributed by atoms with Crippen LogP contribution in [0, 0.1) is 28.9 Å². The number of aromatic nitrogens is 1. The van der Waals surface area contributed by atoms with Crippen LogP contribution < -0.4 is 0 Å². The summed E-state index contributed by atoms with van der Waals surface area (Å²) in [5, 5.41) is 9.44. The number of hydrogen-bond acceptors (Lipinski definition) is 5. The number of pyridine rings is 1. The summed E-state index contributed by atoms with van der Waals surface area (Å²) < 4.78 is 60.3. The van der Waals surface area contributed by atoms with Crippen molar-refractivity contribution in [3.05, 3.63) is 71.6 Å². The lowest BCUT2D eigenvalue weighted by Gasteiger charge is -2.30. The van der Waals surface area contributed by atoms with Crippen LogP contribution in [-0.4, -0.2) is 36.2 Å². The van der Waals surface area contributed by atoms with Crippen LogP contribution in [0.5, 0.6) is 0 Å². The van der Waals surface area contributed by atoms with Crippen molar-refractivity contribution in [2.75, 3.05) is 13.1 Å². The van der Waals surface area contributed by atoms with Gasteiger partial charge in [-0.2, -0.15) is 9.57 Å². The molecule has 0 radical (unpaired) electrons. The number of sulfonamides is 1. The number of carbonyl (C=O) groups is 1. The molecule has 7 nitrogen and oxygen atoms in total. The van der Waals surface area contributed by atoms with Gasteiger partial charge in [-0.1, -0.05) is 6.07 Å². The van der Waals surface area contributed by atoms with Crippen LogP contribution in [0.4, 0.5) is 8.78 Å². The molecule has 0 saturated carbocycles. The Hall–Kier alpha value is -3.29. The Bertz CT molecular complexity index is 1320. The highest BCUT2D eigenvalue weighted by molar-refractivity contribution is 7.89. The zero-order valence-electron chi connectivity index (χ0n) is 16.9. The Labute approximate surface area is 183 Å². The number of hydrogen-bond donors (Lipinski definition) is 0. The predicted octanol–water partition coefficient (Wildman–Crippen LogP) is 3.23. The van der Waals surface area contributed by atoms with Crippen LogP contribution in [0.25, 0.3) is 5.52 Å². The highest BCUT2D eigenvalue weighted by Crippen LogP contribution is 2.26. The van der Waals surface area contributed by atoms with E-state index in [1.165, 1.54) is 0 Å². The molecule has 3 heterocycles. The van der Waals surface area contributed by atoms with Gasteiger partial charge in [0.05, 0.1) is 21.9 Å². The Morgan fingerprint density at radius 2 is 1.91 bits per heavy atom. The maximum absolute atomic E-state index is 13.5. The van der Waals surface area contributed by atoms with Gasteiger partial charge in [0, 0.05) is 31.0 Å². The average Bonchev–Trinajstić information content (AvgIpc) is 3.16. The molecule has 4 rings (SSSR count). The second kappa shape index (κ2) is 8.68. The van der Waals surface area contributed by atoms with Gasteiger partial charge < -0.3 is 9.14 Å². The summed E-state index contributed by atoms with van der Waals surface area (Å²) >= 11 is 0. The van der Waals surface area contributed by atoms with Crippen molar-refractivity contribution in [1.82, 2.24) is 8.71 Å². The summed E-state index contributed by atoms with van der Waals surface area (Å²) in [4.78, 5) is 12.2. The Morgan fingerprint density at radius 1 is 1.16 bits per heavy atom. The molecule has 3 aromatic rings. The van der Waals surface area contributed by atoms with Crippen LogP contribution in [-0.2, 0) is 26.2 Å². The van der Waals surface area contributed by atoms with E-state index in [9.17, 15) is 27.3 Å². The maximum atomic E-state index is 13.5. The lowest BCUT2D eigenvalue weighted by molar-refractivity contribution is -0.151. The normalized spacial score (nSPS) is 15.5. The number of rotatable bonds is 5. The second-order valence-electron chi connectivity index (χ2n) is 7.50. The molecule has 10 heteroatoms. The van der Waals surface area contributed by atoms with Crippen molar-refractivity contribution in [3.63, 3.8) is 0 Å². The van der Waals surface area contributed by atoms with Crippen molar-refractivity contribution in [2.24, 2.45) is 5.92 Å². The second-order valence-corrected chi connectivity index (χ2v) is 9.43. The molecule has 1 saturated heterocycles. The maximum Gasteiger partial charge on any atom is 0.309 e. The fraction of sp³-hybridized carbons (Fsp3) is 0.273. The van der Waals surface area contributed by atoms with Gasteiger partial charge in [-0.05, 0) is 43.2 Å². The molecule has 1 aromatic carbocycles. The van der Waals surface area contributed by atoms with Crippen LogP contribution >= 0.6 is 0 Å². The number of carbonyl (C=O) groups excluding carboxylic acids is 1. The molecule has 1 fully saturated rings. The fourth-order valence-electron chi connectivity index (χ4n) is 3.80. The molecule has 0 aliphatic carbocycles. The van der Waals surface area contributed by atoms with E-state index in [2.05, 4.69) is 6.07 Å². The highest BCUT2D eigenvalue weighted by Gasteiger charge is 2.33. The summed E-state index contributed by atoms with van der Waals surface area (Å²) in [6, 6.07) is 10.0. The lowest BCUT2D eigenvalue weighted by Crippen LogP contribution is -2.40. The largest absolute Gasteiger partial charge is 0.460 e. The first-order valence-electron chi connectivity index (χ1n) is 9.92. The van der Waals surface area contributed by atoms with E-state index in [0.29, 0.717) is 17.2 Å². The third kappa shape index (κ3) is 4.09. The predicted molar refractivity (Wildman–Crippen MR) is 110 cm³/mol. The van der Waals surface area contributed by atoms with E-state index in [1.54, 1.807) is 22.9 Å². The lowest BCUT2D eigenvalue weighted by atomic mass is 9.98. The molecule has 1 aliphatic rings. The smallest absolute Gasteiger partial charge is 0.309 e. The van der Waals surface area contributed by atoms with E-state index in [-0.39, 0.29) is 37.4 Å². The number of fused-ring (bicyclic) bond motifs is 1. The number of nitrogens with zero attached hydrogens (tertiary/aromatic N) is 3. The Morgan fingerprint density at radius 3 is 2.59 bits per heavy atom. The van der Waals surface area contributed by atoms with Crippen LogP contribution in [0.1, 0.15) is 24.0 Å². The molecule has 2 aromatic heterocycles. The van der Waals surface area contributed by atoms with Crippen molar-refractivity contribution < 1.29 is 26.7 Å². The van der Waals surface area contributed by atoms with Crippen molar-refractivity contribution in [2.45, 2.75) is 24.3 Å². The standard InChI is InChI=1S/C22H19F2N3O4S/c23-19-5-4-17(11-20(19)24)32(29,30)27-9-6-15(7-10-27)22(28)31-14-16-13-26-8-2-1-3-21(26)18(16)12-25/h1-5,8,11,13,15H,6-7,9-10,14H2. The number of halogens is 2. The number of piperidine rings is 1. The summed E-state index contributed by atoms with van der Waals surface area (Å²) in [6.07, 6.45) is 4.01. The molecule has 32 heavy (non-hydrogen) atoms. The number of esters is 1. The third-order valence-corrected chi connectivity index (χ3v) is 7.45. The third-order valence-electron chi connectivity index (χ3n) is 5.56. The minimum absolute atomic E-state index is 0.0562.